The Morgan fingerprint density at radius 1 is 1.33 bits per heavy atom. The van der Waals surface area contributed by atoms with E-state index in [9.17, 15) is 0 Å². The van der Waals surface area contributed by atoms with Gasteiger partial charge in [0.1, 0.15) is 5.75 Å². The molecular weight excluding hydrogens is 222 g/mol. The number of hydrogen-bond acceptors (Lipinski definition) is 2. The van der Waals surface area contributed by atoms with Crippen molar-refractivity contribution in [2.45, 2.75) is 38.3 Å². The minimum absolute atomic E-state index is 0.271. The van der Waals surface area contributed by atoms with Crippen LogP contribution in [0.15, 0.2) is 24.3 Å². The highest BCUT2D eigenvalue weighted by molar-refractivity contribution is 5.30. The molecule has 0 aliphatic heterocycles. The molecule has 1 aromatic rings. The lowest BCUT2D eigenvalue weighted by Gasteiger charge is -2.28. The van der Waals surface area contributed by atoms with Crippen LogP contribution < -0.4 is 10.1 Å². The predicted molar refractivity (Wildman–Crippen MR) is 74.5 cm³/mol. The summed E-state index contributed by atoms with van der Waals surface area (Å²) in [6, 6.07) is 8.62. The molecule has 0 spiro atoms. The molecule has 0 radical (unpaired) electrons. The van der Waals surface area contributed by atoms with Crippen LogP contribution in [0.2, 0.25) is 0 Å². The average molecular weight is 243 g/mol. The number of benzene rings is 1. The Labute approximate surface area is 110 Å². The van der Waals surface area contributed by atoms with Gasteiger partial charge in [-0.1, -0.05) is 18.1 Å². The maximum atomic E-state index is 5.57. The van der Waals surface area contributed by atoms with Gasteiger partial charge in [-0.15, -0.1) is 6.42 Å². The van der Waals surface area contributed by atoms with Crippen LogP contribution in [0.3, 0.4) is 0 Å². The highest BCUT2D eigenvalue weighted by Crippen LogP contribution is 2.42. The van der Waals surface area contributed by atoms with Gasteiger partial charge in [0.25, 0.3) is 0 Å². The smallest absolute Gasteiger partial charge is 0.118 e. The third-order valence-electron chi connectivity index (χ3n) is 3.45. The van der Waals surface area contributed by atoms with Crippen molar-refractivity contribution in [2.24, 2.45) is 5.92 Å². The lowest BCUT2D eigenvalue weighted by Crippen LogP contribution is -2.41. The Bertz CT molecular complexity index is 437. The first kappa shape index (κ1) is 13.0. The van der Waals surface area contributed by atoms with Crippen molar-refractivity contribution in [1.82, 2.24) is 5.32 Å². The van der Waals surface area contributed by atoms with Gasteiger partial charge in [0.05, 0.1) is 12.6 Å². The maximum absolute atomic E-state index is 5.57. The van der Waals surface area contributed by atoms with Gasteiger partial charge in [-0.2, -0.15) is 0 Å². The summed E-state index contributed by atoms with van der Waals surface area (Å²) in [5.74, 6) is 4.42. The first-order valence-corrected chi connectivity index (χ1v) is 6.45. The third kappa shape index (κ3) is 3.05. The fraction of sp³-hybridized carbons (Fsp3) is 0.500. The Kier molecular flexibility index (Phi) is 3.63. The molecule has 18 heavy (non-hydrogen) atoms. The second-order valence-electron chi connectivity index (χ2n) is 5.50. The van der Waals surface area contributed by atoms with E-state index < -0.39 is 0 Å². The van der Waals surface area contributed by atoms with Crippen molar-refractivity contribution in [3.05, 3.63) is 29.8 Å². The van der Waals surface area contributed by atoms with Crippen LogP contribution in [0.5, 0.6) is 5.75 Å². The summed E-state index contributed by atoms with van der Waals surface area (Å²) in [7, 11) is 1.69. The zero-order valence-electron chi connectivity index (χ0n) is 11.4. The molecule has 1 aliphatic rings. The number of rotatable bonds is 5. The largest absolute Gasteiger partial charge is 0.497 e. The van der Waals surface area contributed by atoms with E-state index in [-0.39, 0.29) is 5.54 Å². The second-order valence-corrected chi connectivity index (χ2v) is 5.50. The fourth-order valence-electron chi connectivity index (χ4n) is 2.14. The summed E-state index contributed by atoms with van der Waals surface area (Å²) < 4.78 is 5.19. The van der Waals surface area contributed by atoms with E-state index in [2.05, 4.69) is 23.4 Å². The summed E-state index contributed by atoms with van der Waals surface area (Å²) in [4.78, 5) is 0. The molecule has 96 valence electrons. The molecule has 1 atom stereocenters. The van der Waals surface area contributed by atoms with Crippen molar-refractivity contribution in [3.8, 4) is 18.1 Å². The summed E-state index contributed by atoms with van der Waals surface area (Å²) >= 11 is 0. The van der Waals surface area contributed by atoms with Crippen LogP contribution in [0.4, 0.5) is 0 Å². The van der Waals surface area contributed by atoms with Crippen molar-refractivity contribution in [3.63, 3.8) is 0 Å². The van der Waals surface area contributed by atoms with Crippen molar-refractivity contribution in [2.75, 3.05) is 7.11 Å². The van der Waals surface area contributed by atoms with Crippen LogP contribution in [0, 0.1) is 18.3 Å². The van der Waals surface area contributed by atoms with Gasteiger partial charge in [0, 0.05) is 6.04 Å². The second kappa shape index (κ2) is 5.04. The summed E-state index contributed by atoms with van der Waals surface area (Å²) in [6.07, 6.45) is 8.13. The van der Waals surface area contributed by atoms with E-state index in [1.54, 1.807) is 7.11 Å². The SMILES string of the molecule is C#CC(C)(C)NC(c1ccc(OC)cc1)C1CC1. The Morgan fingerprint density at radius 3 is 2.39 bits per heavy atom. The highest BCUT2D eigenvalue weighted by atomic mass is 16.5. The number of terminal acetylenes is 1. The van der Waals surface area contributed by atoms with E-state index in [0.717, 1.165) is 5.75 Å². The Hall–Kier alpha value is -1.46. The molecule has 2 rings (SSSR count). The van der Waals surface area contributed by atoms with Gasteiger partial charge in [-0.25, -0.2) is 0 Å². The van der Waals surface area contributed by atoms with E-state index in [1.165, 1.54) is 18.4 Å². The number of hydrogen-bond donors (Lipinski definition) is 1. The molecule has 1 N–H and O–H groups in total. The molecule has 1 saturated carbocycles. The average Bonchev–Trinajstić information content (AvgIpc) is 3.21. The van der Waals surface area contributed by atoms with Crippen LogP contribution in [-0.4, -0.2) is 12.6 Å². The zero-order chi connectivity index (χ0) is 13.2. The zero-order valence-corrected chi connectivity index (χ0v) is 11.4. The van der Waals surface area contributed by atoms with Crippen molar-refractivity contribution < 1.29 is 4.74 Å². The number of methoxy groups -OCH3 is 1. The highest BCUT2D eigenvalue weighted by Gasteiger charge is 2.34. The van der Waals surface area contributed by atoms with E-state index >= 15 is 0 Å². The van der Waals surface area contributed by atoms with E-state index in [0.29, 0.717) is 12.0 Å². The molecule has 1 aliphatic carbocycles. The molecular formula is C16H21NO. The molecule has 0 aromatic heterocycles. The molecule has 1 fully saturated rings. The van der Waals surface area contributed by atoms with Gasteiger partial charge in [-0.3, -0.25) is 5.32 Å². The van der Waals surface area contributed by atoms with E-state index in [4.69, 9.17) is 11.2 Å². The minimum Gasteiger partial charge on any atom is -0.497 e. The monoisotopic (exact) mass is 243 g/mol. The van der Waals surface area contributed by atoms with Gasteiger partial charge >= 0.3 is 0 Å². The molecule has 2 heteroatoms. The van der Waals surface area contributed by atoms with Gasteiger partial charge < -0.3 is 4.74 Å². The lowest BCUT2D eigenvalue weighted by atomic mass is 9.97. The number of nitrogens with one attached hydrogen (secondary N) is 1. The molecule has 1 unspecified atom stereocenters. The predicted octanol–water partition coefficient (Wildman–Crippen LogP) is 3.15. The topological polar surface area (TPSA) is 21.3 Å². The summed E-state index contributed by atoms with van der Waals surface area (Å²) in [5.41, 5.74) is 1.02. The normalized spacial score (nSPS) is 17.0. The third-order valence-corrected chi connectivity index (χ3v) is 3.45. The van der Waals surface area contributed by atoms with Gasteiger partial charge in [-0.05, 0) is 50.3 Å². The molecule has 1 aromatic carbocycles. The fourth-order valence-corrected chi connectivity index (χ4v) is 2.14. The molecule has 0 amide bonds. The maximum Gasteiger partial charge on any atom is 0.118 e. The first-order chi connectivity index (χ1) is 8.55. The van der Waals surface area contributed by atoms with Gasteiger partial charge in [0.2, 0.25) is 0 Å². The van der Waals surface area contributed by atoms with Crippen LogP contribution in [0.1, 0.15) is 38.3 Å². The summed E-state index contributed by atoms with van der Waals surface area (Å²) in [5, 5.41) is 3.58. The van der Waals surface area contributed by atoms with Crippen LogP contribution >= 0.6 is 0 Å². The van der Waals surface area contributed by atoms with Gasteiger partial charge in [0.15, 0.2) is 0 Å². The standard InChI is InChI=1S/C16H21NO/c1-5-16(2,3)17-15(12-6-7-12)13-8-10-14(18-4)11-9-13/h1,8-12,15,17H,6-7H2,2-4H3. The summed E-state index contributed by atoms with van der Waals surface area (Å²) in [6.45, 7) is 4.10. The Balaban J connectivity index is 2.17. The molecule has 0 bridgehead atoms. The molecule has 0 saturated heterocycles. The quantitative estimate of drug-likeness (QED) is 0.802. The first-order valence-electron chi connectivity index (χ1n) is 6.45. The minimum atomic E-state index is -0.271. The lowest BCUT2D eigenvalue weighted by molar-refractivity contribution is 0.380. The van der Waals surface area contributed by atoms with Crippen molar-refractivity contribution in [1.29, 1.82) is 0 Å². The van der Waals surface area contributed by atoms with Crippen LogP contribution in [-0.2, 0) is 0 Å². The molecule has 2 nitrogen and oxygen atoms in total. The number of ether oxygens (including phenoxy) is 1. The van der Waals surface area contributed by atoms with E-state index in [1.807, 2.05) is 26.0 Å². The Morgan fingerprint density at radius 2 is 1.94 bits per heavy atom. The van der Waals surface area contributed by atoms with Crippen molar-refractivity contribution >= 4 is 0 Å². The molecule has 0 heterocycles. The van der Waals surface area contributed by atoms with Crippen LogP contribution in [0.25, 0.3) is 0 Å².